The van der Waals surface area contributed by atoms with Crippen LogP contribution >= 0.6 is 0 Å². The summed E-state index contributed by atoms with van der Waals surface area (Å²) in [4.78, 5) is 20.8. The molecule has 4 heteroatoms. The van der Waals surface area contributed by atoms with Crippen LogP contribution in [-0.4, -0.2) is 12.4 Å². The maximum absolute atomic E-state index is 10.8. The minimum atomic E-state index is -0.463. The van der Waals surface area contributed by atoms with E-state index in [4.69, 9.17) is 4.74 Å². The molecule has 0 heterocycles. The number of carbonyl (C=O) groups is 2. The zero-order chi connectivity index (χ0) is 11.8. The van der Waals surface area contributed by atoms with Gasteiger partial charge >= 0.3 is 5.97 Å². The number of hydrogen-bond donors (Lipinski definition) is 0. The Bertz CT molecular complexity index is 384. The fraction of sp³-hybridized carbons (Fsp3) is 0.167. The lowest BCUT2D eigenvalue weighted by atomic mass is 10.1. The van der Waals surface area contributed by atoms with Crippen LogP contribution < -0.4 is 0 Å². The third-order valence-corrected chi connectivity index (χ3v) is 1.86. The van der Waals surface area contributed by atoms with Gasteiger partial charge in [-0.2, -0.15) is 0 Å². The Morgan fingerprint density at radius 1 is 1.31 bits per heavy atom. The van der Waals surface area contributed by atoms with Crippen molar-refractivity contribution in [1.29, 1.82) is 0 Å². The molecule has 0 atom stereocenters. The van der Waals surface area contributed by atoms with Crippen molar-refractivity contribution in [3.63, 3.8) is 0 Å². The van der Waals surface area contributed by atoms with Gasteiger partial charge in [0.25, 0.3) is 6.47 Å². The van der Waals surface area contributed by atoms with E-state index in [-0.39, 0.29) is 13.2 Å². The molecule has 1 aromatic carbocycles. The molecule has 0 unspecified atom stereocenters. The van der Waals surface area contributed by atoms with E-state index in [1.54, 1.807) is 12.1 Å². The molecule has 4 nitrogen and oxygen atoms in total. The molecule has 1 aromatic rings. The van der Waals surface area contributed by atoms with Gasteiger partial charge in [0, 0.05) is 6.08 Å². The number of ether oxygens (including phenoxy) is 2. The quantitative estimate of drug-likeness (QED) is 0.415. The standard InChI is InChI=1S/C12H12O4/c1-2-12(14)16-8-11-5-3-4-10(6-11)7-15-9-13/h2-6,9H,1,7-8H2. The lowest BCUT2D eigenvalue weighted by Gasteiger charge is -2.04. The SMILES string of the molecule is C=CC(=O)OCc1cccc(COC=O)c1. The molecule has 0 spiro atoms. The van der Waals surface area contributed by atoms with Gasteiger partial charge in [0.2, 0.25) is 0 Å². The summed E-state index contributed by atoms with van der Waals surface area (Å²) >= 11 is 0. The molecule has 84 valence electrons. The zero-order valence-corrected chi connectivity index (χ0v) is 8.72. The van der Waals surface area contributed by atoms with Crippen LogP contribution in [0, 0.1) is 0 Å². The summed E-state index contributed by atoms with van der Waals surface area (Å²) in [5.74, 6) is -0.463. The molecule has 0 bridgehead atoms. The van der Waals surface area contributed by atoms with E-state index >= 15 is 0 Å². The third-order valence-electron chi connectivity index (χ3n) is 1.86. The summed E-state index contributed by atoms with van der Waals surface area (Å²) < 4.78 is 9.49. The Morgan fingerprint density at radius 2 is 2.00 bits per heavy atom. The summed E-state index contributed by atoms with van der Waals surface area (Å²) in [5.41, 5.74) is 1.68. The molecule has 1 rings (SSSR count). The summed E-state index contributed by atoms with van der Waals surface area (Å²) in [6.07, 6.45) is 1.11. The first-order chi connectivity index (χ1) is 7.76. The average molecular weight is 220 g/mol. The van der Waals surface area contributed by atoms with Gasteiger partial charge in [-0.15, -0.1) is 0 Å². The van der Waals surface area contributed by atoms with Gasteiger partial charge in [-0.05, 0) is 17.2 Å². The normalized spacial score (nSPS) is 9.25. The first-order valence-electron chi connectivity index (χ1n) is 4.68. The van der Waals surface area contributed by atoms with Gasteiger partial charge in [-0.3, -0.25) is 4.79 Å². The lowest BCUT2D eigenvalue weighted by Crippen LogP contribution is -2.00. The molecule has 0 aromatic heterocycles. The molecule has 0 fully saturated rings. The van der Waals surface area contributed by atoms with Crippen molar-refractivity contribution in [1.82, 2.24) is 0 Å². The van der Waals surface area contributed by atoms with Crippen LogP contribution in [0.3, 0.4) is 0 Å². The maximum atomic E-state index is 10.8. The van der Waals surface area contributed by atoms with Crippen LogP contribution in [0.5, 0.6) is 0 Å². The Hall–Kier alpha value is -2.10. The fourth-order valence-electron chi connectivity index (χ4n) is 1.15. The first kappa shape index (κ1) is 12.0. The summed E-state index contributed by atoms with van der Waals surface area (Å²) in [5, 5.41) is 0. The van der Waals surface area contributed by atoms with Crippen molar-refractivity contribution in [2.24, 2.45) is 0 Å². The lowest BCUT2D eigenvalue weighted by molar-refractivity contribution is -0.139. The predicted octanol–water partition coefficient (Wildman–Crippen LogP) is 1.59. The van der Waals surface area contributed by atoms with Crippen molar-refractivity contribution >= 4 is 12.4 Å². The van der Waals surface area contributed by atoms with E-state index in [0.717, 1.165) is 17.2 Å². The molecule has 0 aliphatic rings. The van der Waals surface area contributed by atoms with Crippen molar-refractivity contribution in [2.45, 2.75) is 13.2 Å². The minimum Gasteiger partial charge on any atom is -0.463 e. The predicted molar refractivity (Wildman–Crippen MR) is 57.3 cm³/mol. The van der Waals surface area contributed by atoms with Gasteiger partial charge in [0.05, 0.1) is 0 Å². The Morgan fingerprint density at radius 3 is 2.62 bits per heavy atom. The molecule has 0 saturated carbocycles. The van der Waals surface area contributed by atoms with Crippen LogP contribution in [0.2, 0.25) is 0 Å². The van der Waals surface area contributed by atoms with Crippen molar-refractivity contribution < 1.29 is 19.1 Å². The van der Waals surface area contributed by atoms with Gasteiger partial charge < -0.3 is 9.47 Å². The van der Waals surface area contributed by atoms with Crippen LogP contribution in [0.25, 0.3) is 0 Å². The molecule has 0 radical (unpaired) electrons. The van der Waals surface area contributed by atoms with Gasteiger partial charge in [-0.25, -0.2) is 4.79 Å². The summed E-state index contributed by atoms with van der Waals surface area (Å²) in [6, 6.07) is 7.25. The molecule has 0 aliphatic heterocycles. The second-order valence-corrected chi connectivity index (χ2v) is 3.04. The Kier molecular flexibility index (Phi) is 4.79. The van der Waals surface area contributed by atoms with Crippen LogP contribution in [0.15, 0.2) is 36.9 Å². The number of benzene rings is 1. The highest BCUT2D eigenvalue weighted by Crippen LogP contribution is 2.07. The third kappa shape index (κ3) is 3.96. The van der Waals surface area contributed by atoms with Crippen LogP contribution in [0.4, 0.5) is 0 Å². The highest BCUT2D eigenvalue weighted by atomic mass is 16.5. The van der Waals surface area contributed by atoms with Gasteiger partial charge in [0.1, 0.15) is 13.2 Å². The van der Waals surface area contributed by atoms with E-state index in [9.17, 15) is 9.59 Å². The van der Waals surface area contributed by atoms with E-state index in [2.05, 4.69) is 11.3 Å². The Labute approximate surface area is 93.5 Å². The van der Waals surface area contributed by atoms with Gasteiger partial charge in [0.15, 0.2) is 0 Å². The van der Waals surface area contributed by atoms with Crippen LogP contribution in [0.1, 0.15) is 11.1 Å². The number of esters is 1. The van der Waals surface area contributed by atoms with E-state index < -0.39 is 5.97 Å². The molecular formula is C12H12O4. The second kappa shape index (κ2) is 6.40. The molecule has 0 aliphatic carbocycles. The number of hydrogen-bond acceptors (Lipinski definition) is 4. The Balaban J connectivity index is 2.56. The van der Waals surface area contributed by atoms with E-state index in [1.165, 1.54) is 0 Å². The highest BCUT2D eigenvalue weighted by molar-refractivity contribution is 5.81. The first-order valence-corrected chi connectivity index (χ1v) is 4.68. The summed E-state index contributed by atoms with van der Waals surface area (Å²) in [7, 11) is 0. The van der Waals surface area contributed by atoms with Crippen molar-refractivity contribution in [2.75, 3.05) is 0 Å². The minimum absolute atomic E-state index is 0.180. The zero-order valence-electron chi connectivity index (χ0n) is 8.72. The largest absolute Gasteiger partial charge is 0.463 e. The smallest absolute Gasteiger partial charge is 0.330 e. The topological polar surface area (TPSA) is 52.6 Å². The average Bonchev–Trinajstić information content (AvgIpc) is 2.34. The molecule has 0 N–H and O–H groups in total. The number of carbonyl (C=O) groups excluding carboxylic acids is 2. The molecular weight excluding hydrogens is 208 g/mol. The highest BCUT2D eigenvalue weighted by Gasteiger charge is 1.99. The van der Waals surface area contributed by atoms with E-state index in [0.29, 0.717) is 6.47 Å². The summed E-state index contributed by atoms with van der Waals surface area (Å²) in [6.45, 7) is 4.09. The number of rotatable bonds is 6. The van der Waals surface area contributed by atoms with Crippen molar-refractivity contribution in [3.8, 4) is 0 Å². The van der Waals surface area contributed by atoms with E-state index in [1.807, 2.05) is 12.1 Å². The monoisotopic (exact) mass is 220 g/mol. The van der Waals surface area contributed by atoms with Crippen LogP contribution in [-0.2, 0) is 32.3 Å². The maximum Gasteiger partial charge on any atom is 0.330 e. The molecule has 0 amide bonds. The molecule has 16 heavy (non-hydrogen) atoms. The van der Waals surface area contributed by atoms with Crippen molar-refractivity contribution in [3.05, 3.63) is 48.0 Å². The fourth-order valence-corrected chi connectivity index (χ4v) is 1.15. The van der Waals surface area contributed by atoms with Gasteiger partial charge in [-0.1, -0.05) is 24.8 Å². The molecule has 0 saturated heterocycles. The second-order valence-electron chi connectivity index (χ2n) is 3.04.